The van der Waals surface area contributed by atoms with Crippen LogP contribution in [-0.4, -0.2) is 23.7 Å². The summed E-state index contributed by atoms with van der Waals surface area (Å²) in [5, 5.41) is 14.1. The van der Waals surface area contributed by atoms with E-state index in [0.717, 1.165) is 28.0 Å². The Bertz CT molecular complexity index is 1500. The van der Waals surface area contributed by atoms with Gasteiger partial charge in [0, 0.05) is 29.3 Å². The second kappa shape index (κ2) is 9.00. The highest BCUT2D eigenvalue weighted by Crippen LogP contribution is 2.54. The summed E-state index contributed by atoms with van der Waals surface area (Å²) in [7, 11) is 1.51. The van der Waals surface area contributed by atoms with Gasteiger partial charge >= 0.3 is 5.97 Å². The van der Waals surface area contributed by atoms with Crippen LogP contribution in [0.1, 0.15) is 49.9 Å². The minimum absolute atomic E-state index is 0.00896. The highest BCUT2D eigenvalue weighted by Gasteiger charge is 2.33. The number of rotatable bonds is 4. The number of allylic oxidation sites excluding steroid dienone is 1. The Morgan fingerprint density at radius 3 is 2.65 bits per heavy atom. The van der Waals surface area contributed by atoms with Gasteiger partial charge in [0.05, 0.1) is 18.2 Å². The molecule has 2 aliphatic heterocycles. The van der Waals surface area contributed by atoms with Gasteiger partial charge in [-0.25, -0.2) is 4.39 Å². The number of phenolic OH excluding ortho intramolecular Hbond substituents is 1. The molecular weight excluding hydrogens is 473 g/mol. The van der Waals surface area contributed by atoms with Crippen molar-refractivity contribution in [2.45, 2.75) is 39.8 Å². The van der Waals surface area contributed by atoms with E-state index in [0.29, 0.717) is 33.9 Å². The van der Waals surface area contributed by atoms with Crippen molar-refractivity contribution in [1.82, 2.24) is 0 Å². The van der Waals surface area contributed by atoms with E-state index < -0.39 is 11.8 Å². The number of carbonyl (C=O) groups excluding carboxylic acids is 1. The Morgan fingerprint density at radius 1 is 1.14 bits per heavy atom. The van der Waals surface area contributed by atoms with Crippen LogP contribution >= 0.6 is 0 Å². The van der Waals surface area contributed by atoms with E-state index in [1.165, 1.54) is 32.2 Å². The third kappa shape index (κ3) is 4.42. The second-order valence-corrected chi connectivity index (χ2v) is 9.81. The predicted octanol–water partition coefficient (Wildman–Crippen LogP) is 6.77. The molecule has 0 unspecified atom stereocenters. The monoisotopic (exact) mass is 501 g/mol. The van der Waals surface area contributed by atoms with E-state index in [2.05, 4.69) is 32.2 Å². The van der Waals surface area contributed by atoms with Gasteiger partial charge in [-0.2, -0.15) is 0 Å². The van der Waals surface area contributed by atoms with Gasteiger partial charge in [0.25, 0.3) is 0 Å². The number of benzene rings is 3. The molecule has 0 atom stereocenters. The fourth-order valence-electron chi connectivity index (χ4n) is 5.11. The molecule has 0 amide bonds. The van der Waals surface area contributed by atoms with Crippen molar-refractivity contribution in [1.29, 1.82) is 0 Å². The van der Waals surface area contributed by atoms with Crippen molar-refractivity contribution in [3.8, 4) is 28.4 Å². The zero-order valence-corrected chi connectivity index (χ0v) is 21.4. The summed E-state index contributed by atoms with van der Waals surface area (Å²) in [5.41, 5.74) is 6.18. The summed E-state index contributed by atoms with van der Waals surface area (Å²) in [4.78, 5) is 11.4. The van der Waals surface area contributed by atoms with E-state index >= 15 is 0 Å². The molecule has 0 spiro atoms. The number of hydrogen-bond acceptors (Lipinski definition) is 6. The van der Waals surface area contributed by atoms with Crippen molar-refractivity contribution < 1.29 is 28.5 Å². The lowest BCUT2D eigenvalue weighted by Crippen LogP contribution is -2.32. The summed E-state index contributed by atoms with van der Waals surface area (Å²) in [6.45, 7) is 7.50. The molecule has 2 N–H and O–H groups in total. The maximum Gasteiger partial charge on any atom is 0.302 e. The Morgan fingerprint density at radius 2 is 1.92 bits per heavy atom. The molecule has 2 aliphatic rings. The van der Waals surface area contributed by atoms with E-state index in [1.807, 2.05) is 18.2 Å². The average molecular weight is 502 g/mol. The quantitative estimate of drug-likeness (QED) is 0.384. The third-order valence-electron chi connectivity index (χ3n) is 6.49. The van der Waals surface area contributed by atoms with Crippen molar-refractivity contribution in [3.63, 3.8) is 0 Å². The van der Waals surface area contributed by atoms with Crippen LogP contribution in [0.15, 0.2) is 48.5 Å². The lowest BCUT2D eigenvalue weighted by atomic mass is 9.82. The number of fused-ring (bicyclic) bond motifs is 5. The second-order valence-electron chi connectivity index (χ2n) is 9.81. The molecule has 0 bridgehead atoms. The van der Waals surface area contributed by atoms with Gasteiger partial charge in [-0.1, -0.05) is 18.2 Å². The molecule has 37 heavy (non-hydrogen) atoms. The smallest absolute Gasteiger partial charge is 0.302 e. The van der Waals surface area contributed by atoms with E-state index in [4.69, 9.17) is 14.2 Å². The van der Waals surface area contributed by atoms with Gasteiger partial charge in [0.1, 0.15) is 23.9 Å². The minimum Gasteiger partial charge on any atom is -0.504 e. The highest BCUT2D eigenvalue weighted by atomic mass is 19.1. The molecule has 3 aromatic rings. The fraction of sp³-hybridized carbons (Fsp3) is 0.233. The molecule has 0 fully saturated rings. The van der Waals surface area contributed by atoms with Crippen LogP contribution in [0.4, 0.5) is 10.1 Å². The van der Waals surface area contributed by atoms with Crippen molar-refractivity contribution in [2.24, 2.45) is 0 Å². The molecule has 3 aromatic carbocycles. The number of esters is 1. The number of aromatic hydroxyl groups is 1. The minimum atomic E-state index is -0.452. The van der Waals surface area contributed by atoms with Crippen LogP contribution in [0.3, 0.4) is 0 Å². The molecule has 2 heterocycles. The van der Waals surface area contributed by atoms with Crippen LogP contribution in [0.25, 0.3) is 28.5 Å². The van der Waals surface area contributed by atoms with Crippen LogP contribution in [-0.2, 0) is 16.1 Å². The first-order valence-corrected chi connectivity index (χ1v) is 11.9. The maximum atomic E-state index is 14.1. The maximum absolute atomic E-state index is 14.1. The Balaban J connectivity index is 1.78. The first-order chi connectivity index (χ1) is 17.6. The molecule has 7 heteroatoms. The number of carbonyl (C=O) groups is 1. The summed E-state index contributed by atoms with van der Waals surface area (Å²) in [5.74, 6) is 0.504. The van der Waals surface area contributed by atoms with Gasteiger partial charge in [-0.3, -0.25) is 4.79 Å². The number of anilines is 1. The molecule has 0 aromatic heterocycles. The van der Waals surface area contributed by atoms with Crippen molar-refractivity contribution in [3.05, 3.63) is 76.6 Å². The Hall–Kier alpha value is -4.26. The molecule has 0 saturated carbocycles. The Kier molecular flexibility index (Phi) is 5.94. The molecule has 0 aliphatic carbocycles. The number of methoxy groups -OCH3 is 1. The van der Waals surface area contributed by atoms with Crippen LogP contribution in [0, 0.1) is 5.82 Å². The number of ether oxygens (including phenoxy) is 3. The first-order valence-electron chi connectivity index (χ1n) is 11.9. The molecular formula is C30H28FNO5. The van der Waals surface area contributed by atoms with Gasteiger partial charge in [0.2, 0.25) is 0 Å². The number of halogens is 1. The molecule has 0 radical (unpaired) electrons. The molecule has 5 rings (SSSR count). The van der Waals surface area contributed by atoms with Crippen molar-refractivity contribution in [2.75, 3.05) is 12.4 Å². The number of hydrogen-bond donors (Lipinski definition) is 2. The summed E-state index contributed by atoms with van der Waals surface area (Å²) < 4.78 is 31.3. The molecule has 190 valence electrons. The number of phenols is 1. The van der Waals surface area contributed by atoms with Crippen LogP contribution in [0.2, 0.25) is 0 Å². The van der Waals surface area contributed by atoms with Crippen LogP contribution < -0.4 is 14.8 Å². The molecule has 0 saturated heterocycles. The van der Waals surface area contributed by atoms with Crippen LogP contribution in [0.5, 0.6) is 17.2 Å². The van der Waals surface area contributed by atoms with Gasteiger partial charge in [-0.05, 0) is 73.9 Å². The largest absolute Gasteiger partial charge is 0.504 e. The van der Waals surface area contributed by atoms with E-state index in [9.17, 15) is 14.3 Å². The number of nitrogens with one attached hydrogen (secondary N) is 1. The summed E-state index contributed by atoms with van der Waals surface area (Å²) in [6, 6.07) is 11.6. The third-order valence-corrected chi connectivity index (χ3v) is 6.49. The lowest BCUT2D eigenvalue weighted by Gasteiger charge is -2.35. The lowest BCUT2D eigenvalue weighted by molar-refractivity contribution is -0.142. The normalized spacial score (nSPS) is 15.9. The SMILES string of the molecule is COc1c(O)ccc2c1-c1ccc3c(c1C(=Cc1ccc(F)cc1COC(C)=O)O2)C(C)=CC(C)(C)N3. The van der Waals surface area contributed by atoms with E-state index in [-0.39, 0.29) is 17.9 Å². The topological polar surface area (TPSA) is 77.0 Å². The molecule has 6 nitrogen and oxygen atoms in total. The zero-order chi connectivity index (χ0) is 26.5. The highest BCUT2D eigenvalue weighted by molar-refractivity contribution is 6.02. The summed E-state index contributed by atoms with van der Waals surface area (Å²) >= 11 is 0. The van der Waals surface area contributed by atoms with Gasteiger partial charge in [-0.15, -0.1) is 0 Å². The summed E-state index contributed by atoms with van der Waals surface area (Å²) in [6.07, 6.45) is 3.99. The Labute approximate surface area is 215 Å². The van der Waals surface area contributed by atoms with Gasteiger partial charge in [0.15, 0.2) is 11.5 Å². The van der Waals surface area contributed by atoms with Crippen molar-refractivity contribution >= 4 is 29.1 Å². The van der Waals surface area contributed by atoms with E-state index in [1.54, 1.807) is 12.1 Å². The fourth-order valence-corrected chi connectivity index (χ4v) is 5.11. The van der Waals surface area contributed by atoms with Gasteiger partial charge < -0.3 is 24.6 Å². The predicted molar refractivity (Wildman–Crippen MR) is 142 cm³/mol. The average Bonchev–Trinajstić information content (AvgIpc) is 2.83. The zero-order valence-electron chi connectivity index (χ0n) is 21.4. The first kappa shape index (κ1) is 24.4. The standard InChI is InChI=1S/C30H28FNO5/c1-16-14-30(3,4)32-22-9-8-21-27(26(16)22)25(37-24-11-10-23(34)29(35-5)28(21)24)13-18-6-7-20(31)12-19(18)15-36-17(2)33/h6-14,32,34H,15H2,1-5H3.